The summed E-state index contributed by atoms with van der Waals surface area (Å²) in [7, 11) is 1.46. The molecule has 1 aromatic rings. The molecular weight excluding hydrogens is 328 g/mol. The number of methoxy groups -OCH3 is 1. The number of hydrogen-bond donors (Lipinski definition) is 2. The number of ether oxygens (including phenoxy) is 3. The van der Waals surface area contributed by atoms with Crippen LogP contribution < -0.4 is 20.1 Å². The first-order valence-electron chi connectivity index (χ1n) is 7.72. The molecule has 2 rings (SSSR count). The van der Waals surface area contributed by atoms with Gasteiger partial charge >= 0.3 is 12.0 Å². The van der Waals surface area contributed by atoms with Gasteiger partial charge in [0.25, 0.3) is 0 Å². The van der Waals surface area contributed by atoms with Gasteiger partial charge in [-0.05, 0) is 32.0 Å². The topological polar surface area (TPSA) is 103 Å². The van der Waals surface area contributed by atoms with E-state index in [0.717, 1.165) is 0 Å². The monoisotopic (exact) mass is 348 g/mol. The van der Waals surface area contributed by atoms with Crippen molar-refractivity contribution in [3.8, 4) is 11.5 Å². The summed E-state index contributed by atoms with van der Waals surface area (Å²) in [6.07, 6.45) is 0. The van der Waals surface area contributed by atoms with Crippen LogP contribution >= 0.6 is 0 Å². The van der Waals surface area contributed by atoms with Crippen LogP contribution in [0.25, 0.3) is 0 Å². The van der Waals surface area contributed by atoms with E-state index in [1.165, 1.54) is 14.0 Å². The Hall–Kier alpha value is -3.03. The number of Topliss-reactive ketones (excluding diaryl/α,β-unsaturated/α-hetero) is 1. The molecule has 2 amide bonds. The lowest BCUT2D eigenvalue weighted by Gasteiger charge is -2.22. The van der Waals surface area contributed by atoms with E-state index < -0.39 is 12.0 Å². The lowest BCUT2D eigenvalue weighted by atomic mass is 10.1. The summed E-state index contributed by atoms with van der Waals surface area (Å²) >= 11 is 0. The zero-order valence-electron chi connectivity index (χ0n) is 14.3. The van der Waals surface area contributed by atoms with Crippen LogP contribution in [-0.4, -0.2) is 44.7 Å². The van der Waals surface area contributed by atoms with E-state index in [1.54, 1.807) is 25.1 Å². The van der Waals surface area contributed by atoms with Gasteiger partial charge in [0, 0.05) is 5.56 Å². The Morgan fingerprint density at radius 2 is 2.00 bits per heavy atom. The highest BCUT2D eigenvalue weighted by Gasteiger charge is 2.24. The van der Waals surface area contributed by atoms with Gasteiger partial charge in [-0.15, -0.1) is 0 Å². The number of urea groups is 1. The fraction of sp³-hybridized carbons (Fsp3) is 0.353. The maximum Gasteiger partial charge on any atom is 0.337 e. The molecule has 1 heterocycles. The molecule has 0 radical (unpaired) electrons. The second kappa shape index (κ2) is 8.18. The molecule has 8 heteroatoms. The summed E-state index contributed by atoms with van der Waals surface area (Å²) in [5, 5.41) is 5.07. The number of amides is 2. The highest BCUT2D eigenvalue weighted by molar-refractivity contribution is 5.95. The summed E-state index contributed by atoms with van der Waals surface area (Å²) in [5.41, 5.74) is 1.10. The molecule has 1 aromatic carbocycles. The van der Waals surface area contributed by atoms with E-state index in [2.05, 4.69) is 10.6 Å². The zero-order valence-corrected chi connectivity index (χ0v) is 14.3. The Bertz CT molecular complexity index is 726. The largest absolute Gasteiger partial charge is 0.493 e. The number of ketones is 1. The van der Waals surface area contributed by atoms with Crippen LogP contribution in [-0.2, 0) is 9.53 Å². The molecule has 134 valence electrons. The second-order valence-corrected chi connectivity index (χ2v) is 5.20. The zero-order chi connectivity index (χ0) is 18.4. The van der Waals surface area contributed by atoms with Gasteiger partial charge in [-0.3, -0.25) is 4.79 Å². The third-order valence-corrected chi connectivity index (χ3v) is 3.52. The van der Waals surface area contributed by atoms with E-state index in [0.29, 0.717) is 28.3 Å². The highest BCUT2D eigenvalue weighted by Crippen LogP contribution is 2.28. The molecular formula is C17H20N2O6. The van der Waals surface area contributed by atoms with Crippen molar-refractivity contribution in [2.24, 2.45) is 0 Å². The molecule has 1 aliphatic heterocycles. The van der Waals surface area contributed by atoms with Crippen molar-refractivity contribution >= 4 is 17.8 Å². The first kappa shape index (κ1) is 18.3. The normalized spacial score (nSPS) is 13.6. The number of carbonyl (C=O) groups is 3. The van der Waals surface area contributed by atoms with Gasteiger partial charge in [0.05, 0.1) is 31.5 Å². The van der Waals surface area contributed by atoms with Crippen LogP contribution in [0.1, 0.15) is 24.2 Å². The number of nitrogens with one attached hydrogen (secondary N) is 2. The third-order valence-electron chi connectivity index (χ3n) is 3.52. The van der Waals surface area contributed by atoms with Crippen molar-refractivity contribution in [3.05, 3.63) is 35.0 Å². The second-order valence-electron chi connectivity index (χ2n) is 5.20. The smallest absolute Gasteiger partial charge is 0.337 e. The highest BCUT2D eigenvalue weighted by atomic mass is 16.5. The third kappa shape index (κ3) is 4.50. The van der Waals surface area contributed by atoms with Crippen LogP contribution in [0.3, 0.4) is 0 Å². The van der Waals surface area contributed by atoms with Gasteiger partial charge < -0.3 is 24.8 Å². The molecule has 8 nitrogen and oxygen atoms in total. The van der Waals surface area contributed by atoms with Crippen molar-refractivity contribution in [1.82, 2.24) is 10.6 Å². The minimum absolute atomic E-state index is 0.0582. The minimum atomic E-state index is -0.521. The van der Waals surface area contributed by atoms with E-state index in [9.17, 15) is 14.4 Å². The van der Waals surface area contributed by atoms with Gasteiger partial charge in [-0.2, -0.15) is 0 Å². The van der Waals surface area contributed by atoms with Crippen LogP contribution in [0.5, 0.6) is 11.5 Å². The Morgan fingerprint density at radius 1 is 1.24 bits per heavy atom. The van der Waals surface area contributed by atoms with Gasteiger partial charge in [0.2, 0.25) is 0 Å². The average Bonchev–Trinajstić information content (AvgIpc) is 2.59. The van der Waals surface area contributed by atoms with E-state index in [1.807, 2.05) is 0 Å². The Morgan fingerprint density at radius 3 is 2.64 bits per heavy atom. The Kier molecular flexibility index (Phi) is 5.99. The predicted octanol–water partition coefficient (Wildman–Crippen LogP) is 1.41. The molecule has 0 saturated carbocycles. The van der Waals surface area contributed by atoms with Crippen LogP contribution in [0, 0.1) is 0 Å². The summed E-state index contributed by atoms with van der Waals surface area (Å²) < 4.78 is 15.9. The van der Waals surface area contributed by atoms with Crippen LogP contribution in [0.15, 0.2) is 29.5 Å². The Balaban J connectivity index is 2.21. The summed E-state index contributed by atoms with van der Waals surface area (Å²) in [6, 6.07) is 4.36. The fourth-order valence-corrected chi connectivity index (χ4v) is 2.22. The minimum Gasteiger partial charge on any atom is -0.493 e. The number of hydrogen-bond acceptors (Lipinski definition) is 6. The van der Waals surface area contributed by atoms with Crippen molar-refractivity contribution in [3.63, 3.8) is 0 Å². The fourth-order valence-electron chi connectivity index (χ4n) is 2.22. The molecule has 25 heavy (non-hydrogen) atoms. The standard InChI is InChI=1S/C17H20N2O6/c1-4-24-16(21)12-8-18-17(22)19-13(12)9-25-14-6-5-11(10(2)20)7-15(14)23-3/h5-7H,4,8-9H2,1-3H3,(H2,18,19,22). The van der Waals surface area contributed by atoms with Gasteiger partial charge in [-0.25, -0.2) is 9.59 Å². The molecule has 0 saturated heterocycles. The maximum absolute atomic E-state index is 12.0. The van der Waals surface area contributed by atoms with E-state index in [4.69, 9.17) is 14.2 Å². The SMILES string of the molecule is CCOC(=O)C1=C(COc2ccc(C(C)=O)cc2OC)NC(=O)NC1. The van der Waals surface area contributed by atoms with Crippen molar-refractivity contribution < 1.29 is 28.6 Å². The van der Waals surface area contributed by atoms with Gasteiger partial charge in [-0.1, -0.05) is 0 Å². The number of carbonyl (C=O) groups excluding carboxylic acids is 3. The van der Waals surface area contributed by atoms with Crippen molar-refractivity contribution in [1.29, 1.82) is 0 Å². The predicted molar refractivity (Wildman–Crippen MR) is 88.7 cm³/mol. The van der Waals surface area contributed by atoms with Gasteiger partial charge in [0.1, 0.15) is 6.61 Å². The summed E-state index contributed by atoms with van der Waals surface area (Å²) in [6.45, 7) is 3.38. The molecule has 0 bridgehead atoms. The van der Waals surface area contributed by atoms with Crippen LogP contribution in [0.4, 0.5) is 4.79 Å². The van der Waals surface area contributed by atoms with Crippen LogP contribution in [0.2, 0.25) is 0 Å². The lowest BCUT2D eigenvalue weighted by molar-refractivity contribution is -0.138. The Labute approximate surface area is 145 Å². The van der Waals surface area contributed by atoms with Gasteiger partial charge in [0.15, 0.2) is 17.3 Å². The van der Waals surface area contributed by atoms with E-state index >= 15 is 0 Å². The van der Waals surface area contributed by atoms with E-state index in [-0.39, 0.29) is 25.5 Å². The number of benzene rings is 1. The van der Waals surface area contributed by atoms with Crippen molar-refractivity contribution in [2.45, 2.75) is 13.8 Å². The molecule has 0 atom stereocenters. The quantitative estimate of drug-likeness (QED) is 0.570. The first-order chi connectivity index (χ1) is 12.0. The average molecular weight is 348 g/mol. The molecule has 0 unspecified atom stereocenters. The maximum atomic E-state index is 12.0. The molecule has 0 aliphatic carbocycles. The molecule has 0 aromatic heterocycles. The molecule has 1 aliphatic rings. The van der Waals surface area contributed by atoms with Crippen molar-refractivity contribution in [2.75, 3.05) is 26.9 Å². The summed E-state index contributed by atoms with van der Waals surface area (Å²) in [5.74, 6) is 0.150. The molecule has 2 N–H and O–H groups in total. The summed E-state index contributed by atoms with van der Waals surface area (Å²) in [4.78, 5) is 34.9. The number of rotatable bonds is 7. The first-order valence-corrected chi connectivity index (χ1v) is 7.72. The molecule has 0 spiro atoms. The lowest BCUT2D eigenvalue weighted by Crippen LogP contribution is -2.45. The number of esters is 1. The molecule has 0 fully saturated rings.